The van der Waals surface area contributed by atoms with Crippen molar-refractivity contribution in [1.82, 2.24) is 5.32 Å². The fourth-order valence-electron chi connectivity index (χ4n) is 3.10. The molecule has 2 aliphatic rings. The first-order chi connectivity index (χ1) is 8.87. The minimum absolute atomic E-state index is 0.110. The zero-order chi connectivity index (χ0) is 14.1. The Morgan fingerprint density at radius 2 is 1.95 bits per heavy atom. The first-order valence-corrected chi connectivity index (χ1v) is 7.67. The van der Waals surface area contributed by atoms with Crippen molar-refractivity contribution in [1.29, 1.82) is 0 Å². The summed E-state index contributed by atoms with van der Waals surface area (Å²) in [7, 11) is 0. The van der Waals surface area contributed by atoms with Crippen LogP contribution in [0.5, 0.6) is 0 Å². The second-order valence-electron chi connectivity index (χ2n) is 6.82. The van der Waals surface area contributed by atoms with Gasteiger partial charge in [-0.15, -0.1) is 0 Å². The minimum Gasteiger partial charge on any atom is -0.388 e. The first-order valence-electron chi connectivity index (χ1n) is 7.67. The fraction of sp³-hybridized carbons (Fsp3) is 0.933. The van der Waals surface area contributed by atoms with E-state index in [1.807, 2.05) is 0 Å². The van der Waals surface area contributed by atoms with Gasteiger partial charge in [0.25, 0.3) is 0 Å². The summed E-state index contributed by atoms with van der Waals surface area (Å²) in [6, 6.07) is 0. The normalized spacial score (nSPS) is 34.6. The smallest absolute Gasteiger partial charge is 0.240 e. The van der Waals surface area contributed by atoms with Crippen LogP contribution in [0.1, 0.15) is 58.8 Å². The number of carbonyl (C=O) groups excluding carboxylic acids is 1. The Labute approximate surface area is 116 Å². The van der Waals surface area contributed by atoms with Crippen LogP contribution in [0.15, 0.2) is 0 Å². The van der Waals surface area contributed by atoms with Gasteiger partial charge in [-0.1, -0.05) is 13.3 Å². The molecular formula is C15H28N2O2. The second-order valence-corrected chi connectivity index (χ2v) is 6.82. The number of rotatable bonds is 5. The first kappa shape index (κ1) is 14.8. The predicted octanol–water partition coefficient (Wildman–Crippen LogP) is 1.56. The minimum atomic E-state index is -0.767. The molecule has 0 spiro atoms. The van der Waals surface area contributed by atoms with Crippen LogP contribution in [0.4, 0.5) is 0 Å². The summed E-state index contributed by atoms with van der Waals surface area (Å²) in [4.78, 5) is 12.1. The highest BCUT2D eigenvalue weighted by Crippen LogP contribution is 2.38. The van der Waals surface area contributed by atoms with Crippen LogP contribution in [0.2, 0.25) is 0 Å². The van der Waals surface area contributed by atoms with E-state index in [0.717, 1.165) is 44.4 Å². The molecule has 4 N–H and O–H groups in total. The van der Waals surface area contributed by atoms with E-state index in [1.165, 1.54) is 6.42 Å². The zero-order valence-corrected chi connectivity index (χ0v) is 12.2. The SMILES string of the molecule is CCC1CCC(O)(CNC(=O)C(C)(N)C2CC2)CC1. The molecule has 1 amide bonds. The van der Waals surface area contributed by atoms with Gasteiger partial charge in [0.05, 0.1) is 11.1 Å². The Hall–Kier alpha value is -0.610. The summed E-state index contributed by atoms with van der Waals surface area (Å²) in [5.41, 5.74) is 4.59. The highest BCUT2D eigenvalue weighted by atomic mass is 16.3. The third-order valence-electron chi connectivity index (χ3n) is 5.11. The second kappa shape index (κ2) is 5.41. The third-order valence-corrected chi connectivity index (χ3v) is 5.11. The van der Waals surface area contributed by atoms with Crippen molar-refractivity contribution in [3.8, 4) is 0 Å². The van der Waals surface area contributed by atoms with Crippen LogP contribution in [-0.4, -0.2) is 28.7 Å². The van der Waals surface area contributed by atoms with Crippen LogP contribution in [0, 0.1) is 11.8 Å². The van der Waals surface area contributed by atoms with Crippen LogP contribution >= 0.6 is 0 Å². The van der Waals surface area contributed by atoms with Gasteiger partial charge in [-0.25, -0.2) is 0 Å². The molecule has 19 heavy (non-hydrogen) atoms. The van der Waals surface area contributed by atoms with E-state index in [-0.39, 0.29) is 5.91 Å². The highest BCUT2D eigenvalue weighted by Gasteiger charge is 2.44. The molecule has 2 rings (SSSR count). The molecule has 2 aliphatic carbocycles. The molecule has 0 radical (unpaired) electrons. The Balaban J connectivity index is 1.80. The lowest BCUT2D eigenvalue weighted by atomic mass is 9.77. The summed E-state index contributed by atoms with van der Waals surface area (Å²) < 4.78 is 0. The van der Waals surface area contributed by atoms with Gasteiger partial charge < -0.3 is 16.2 Å². The van der Waals surface area contributed by atoms with Crippen molar-refractivity contribution in [2.24, 2.45) is 17.6 Å². The van der Waals surface area contributed by atoms with Gasteiger partial charge in [-0.3, -0.25) is 4.79 Å². The lowest BCUT2D eigenvalue weighted by molar-refractivity contribution is -0.128. The summed E-state index contributed by atoms with van der Waals surface area (Å²) >= 11 is 0. The highest BCUT2D eigenvalue weighted by molar-refractivity contribution is 5.86. The van der Waals surface area contributed by atoms with Gasteiger partial charge in [0.2, 0.25) is 5.91 Å². The van der Waals surface area contributed by atoms with Gasteiger partial charge in [0.15, 0.2) is 0 Å². The van der Waals surface area contributed by atoms with Crippen molar-refractivity contribution < 1.29 is 9.90 Å². The number of carbonyl (C=O) groups is 1. The molecule has 1 atom stereocenters. The van der Waals surface area contributed by atoms with Crippen LogP contribution in [0.3, 0.4) is 0 Å². The van der Waals surface area contributed by atoms with Crippen LogP contribution in [-0.2, 0) is 4.79 Å². The summed E-state index contributed by atoms with van der Waals surface area (Å²) in [6.07, 6.45) is 6.97. The van der Waals surface area contributed by atoms with Crippen molar-refractivity contribution >= 4 is 5.91 Å². The van der Waals surface area contributed by atoms with Gasteiger partial charge in [0.1, 0.15) is 0 Å². The Morgan fingerprint density at radius 3 is 2.42 bits per heavy atom. The summed E-state index contributed by atoms with van der Waals surface area (Å²) in [6.45, 7) is 4.35. The van der Waals surface area contributed by atoms with Gasteiger partial charge >= 0.3 is 0 Å². The van der Waals surface area contributed by atoms with E-state index in [9.17, 15) is 9.90 Å². The lowest BCUT2D eigenvalue weighted by Crippen LogP contribution is -2.56. The van der Waals surface area contributed by atoms with E-state index < -0.39 is 11.1 Å². The van der Waals surface area contributed by atoms with Crippen molar-refractivity contribution in [2.45, 2.75) is 69.9 Å². The zero-order valence-electron chi connectivity index (χ0n) is 12.2. The molecular weight excluding hydrogens is 240 g/mol. The van der Waals surface area contributed by atoms with E-state index >= 15 is 0 Å². The number of nitrogens with two attached hydrogens (primary N) is 1. The van der Waals surface area contributed by atoms with E-state index in [2.05, 4.69) is 12.2 Å². The quantitative estimate of drug-likeness (QED) is 0.708. The van der Waals surface area contributed by atoms with Gasteiger partial charge in [0, 0.05) is 6.54 Å². The number of amides is 1. The monoisotopic (exact) mass is 268 g/mol. The topological polar surface area (TPSA) is 75.3 Å². The predicted molar refractivity (Wildman–Crippen MR) is 75.5 cm³/mol. The van der Waals surface area contributed by atoms with Crippen molar-refractivity contribution in [2.75, 3.05) is 6.54 Å². The van der Waals surface area contributed by atoms with E-state index in [4.69, 9.17) is 5.73 Å². The number of hydrogen-bond acceptors (Lipinski definition) is 3. The standard InChI is InChI=1S/C15H28N2O2/c1-3-11-6-8-15(19,9-7-11)10-17-13(18)14(2,16)12-4-5-12/h11-12,19H,3-10,16H2,1-2H3,(H,17,18). The molecule has 0 heterocycles. The number of hydrogen-bond donors (Lipinski definition) is 3. The maximum absolute atomic E-state index is 12.1. The molecule has 1 unspecified atom stereocenters. The molecule has 0 saturated heterocycles. The maximum atomic E-state index is 12.1. The van der Waals surface area contributed by atoms with Crippen molar-refractivity contribution in [3.05, 3.63) is 0 Å². The van der Waals surface area contributed by atoms with Gasteiger partial charge in [-0.2, -0.15) is 0 Å². The number of nitrogens with one attached hydrogen (secondary N) is 1. The molecule has 110 valence electrons. The van der Waals surface area contributed by atoms with Gasteiger partial charge in [-0.05, 0) is 57.3 Å². The molecule has 2 fully saturated rings. The maximum Gasteiger partial charge on any atom is 0.240 e. The van der Waals surface area contributed by atoms with Crippen LogP contribution in [0.25, 0.3) is 0 Å². The molecule has 0 aromatic carbocycles. The Kier molecular flexibility index (Phi) is 4.21. The average molecular weight is 268 g/mol. The molecule has 0 aromatic heterocycles. The molecule has 0 aromatic rings. The molecule has 0 aliphatic heterocycles. The largest absolute Gasteiger partial charge is 0.388 e. The van der Waals surface area contributed by atoms with Crippen LogP contribution < -0.4 is 11.1 Å². The lowest BCUT2D eigenvalue weighted by Gasteiger charge is -2.36. The van der Waals surface area contributed by atoms with E-state index in [1.54, 1.807) is 6.92 Å². The van der Waals surface area contributed by atoms with Crippen molar-refractivity contribution in [3.63, 3.8) is 0 Å². The molecule has 0 bridgehead atoms. The molecule has 4 nitrogen and oxygen atoms in total. The summed E-state index contributed by atoms with van der Waals surface area (Å²) in [5, 5.41) is 13.4. The molecule has 4 heteroatoms. The molecule has 2 saturated carbocycles. The van der Waals surface area contributed by atoms with E-state index in [0.29, 0.717) is 12.5 Å². The Bertz CT molecular complexity index is 329. The summed E-state index contributed by atoms with van der Waals surface area (Å²) in [5.74, 6) is 0.946. The average Bonchev–Trinajstić information content (AvgIpc) is 3.21. The fourth-order valence-corrected chi connectivity index (χ4v) is 3.10. The Morgan fingerprint density at radius 1 is 1.37 bits per heavy atom. The number of aliphatic hydroxyl groups is 1. The third kappa shape index (κ3) is 3.48.